The molecule has 13 heavy (non-hydrogen) atoms. The Bertz CT molecular complexity index is 100. The van der Waals surface area contributed by atoms with Crippen LogP contribution in [0.1, 0.15) is 33.6 Å². The number of hydrogen-bond acceptors (Lipinski definition) is 4. The number of hydrogen-bond donors (Lipinski definition) is 4. The summed E-state index contributed by atoms with van der Waals surface area (Å²) in [4.78, 5) is 0. The molecule has 6 N–H and O–H groups in total. The van der Waals surface area contributed by atoms with Crippen molar-refractivity contribution in [2.24, 2.45) is 11.5 Å². The summed E-state index contributed by atoms with van der Waals surface area (Å²) in [6.45, 7) is 6.05. The van der Waals surface area contributed by atoms with E-state index in [9.17, 15) is 0 Å². The first-order valence-corrected chi connectivity index (χ1v) is 4.61. The van der Waals surface area contributed by atoms with Crippen LogP contribution in [0.4, 0.5) is 0 Å². The first kappa shape index (κ1) is 15.3. The fourth-order valence-electron chi connectivity index (χ4n) is 0.413. The normalized spacial score (nSPS) is 13.2. The number of rotatable bonds is 4. The summed E-state index contributed by atoms with van der Waals surface area (Å²) in [5.74, 6) is 0. The average molecular weight is 192 g/mol. The van der Waals surface area contributed by atoms with Crippen molar-refractivity contribution in [2.75, 3.05) is 13.2 Å². The van der Waals surface area contributed by atoms with Crippen molar-refractivity contribution in [3.8, 4) is 0 Å². The summed E-state index contributed by atoms with van der Waals surface area (Å²) in [6.07, 6.45) is 1.58. The van der Waals surface area contributed by atoms with Crippen molar-refractivity contribution in [2.45, 2.75) is 45.3 Å². The van der Waals surface area contributed by atoms with Crippen molar-refractivity contribution >= 4 is 0 Å². The average Bonchev–Trinajstić information content (AvgIpc) is 2.01. The molecule has 0 amide bonds. The van der Waals surface area contributed by atoms with Gasteiger partial charge in [0, 0.05) is 5.54 Å². The van der Waals surface area contributed by atoms with Gasteiger partial charge in [-0.15, -0.1) is 0 Å². The predicted molar refractivity (Wildman–Crippen MR) is 55.3 cm³/mol. The summed E-state index contributed by atoms with van der Waals surface area (Å²) in [5.41, 5.74) is 10.0. The quantitative estimate of drug-likeness (QED) is 0.497. The van der Waals surface area contributed by atoms with Crippen LogP contribution in [0.3, 0.4) is 0 Å². The van der Waals surface area contributed by atoms with E-state index in [4.69, 9.17) is 21.7 Å². The fourth-order valence-corrected chi connectivity index (χ4v) is 0.413. The Morgan fingerprint density at radius 3 is 1.85 bits per heavy atom. The SMILES string of the molecule is CC(C)(N)CO.CC(O)CCCN. The Hall–Kier alpha value is -0.160. The van der Waals surface area contributed by atoms with Crippen LogP contribution in [0.2, 0.25) is 0 Å². The third kappa shape index (κ3) is 24.5. The van der Waals surface area contributed by atoms with Gasteiger partial charge in [0.15, 0.2) is 0 Å². The Balaban J connectivity index is 0. The predicted octanol–water partition coefficient (Wildman–Crippen LogP) is -0.178. The molecule has 0 aromatic carbocycles. The van der Waals surface area contributed by atoms with Crippen LogP contribution < -0.4 is 11.5 Å². The Morgan fingerprint density at radius 2 is 1.77 bits per heavy atom. The summed E-state index contributed by atoms with van der Waals surface area (Å²) in [5, 5.41) is 16.9. The highest BCUT2D eigenvalue weighted by atomic mass is 16.3. The van der Waals surface area contributed by atoms with Gasteiger partial charge in [0.2, 0.25) is 0 Å². The second-order valence-electron chi connectivity index (χ2n) is 3.93. The first-order chi connectivity index (χ1) is 5.83. The van der Waals surface area contributed by atoms with E-state index in [1.807, 2.05) is 0 Å². The maximum Gasteiger partial charge on any atom is 0.0605 e. The van der Waals surface area contributed by atoms with Crippen molar-refractivity contribution < 1.29 is 10.2 Å². The molecule has 0 aliphatic heterocycles. The summed E-state index contributed by atoms with van der Waals surface area (Å²) in [6, 6.07) is 0. The molecule has 4 heteroatoms. The highest BCUT2D eigenvalue weighted by Gasteiger charge is 2.05. The molecule has 4 nitrogen and oxygen atoms in total. The lowest BCUT2D eigenvalue weighted by Crippen LogP contribution is -2.35. The molecule has 0 spiro atoms. The number of aliphatic hydroxyl groups excluding tert-OH is 2. The minimum atomic E-state index is -0.403. The van der Waals surface area contributed by atoms with Gasteiger partial charge < -0.3 is 21.7 Å². The molecule has 0 aliphatic rings. The Morgan fingerprint density at radius 1 is 1.38 bits per heavy atom. The van der Waals surface area contributed by atoms with Gasteiger partial charge in [-0.05, 0) is 40.2 Å². The van der Waals surface area contributed by atoms with E-state index in [-0.39, 0.29) is 12.7 Å². The van der Waals surface area contributed by atoms with Crippen LogP contribution in [0, 0.1) is 0 Å². The maximum atomic E-state index is 8.63. The lowest BCUT2D eigenvalue weighted by atomic mass is 10.1. The smallest absolute Gasteiger partial charge is 0.0605 e. The van der Waals surface area contributed by atoms with Gasteiger partial charge in [-0.25, -0.2) is 0 Å². The van der Waals surface area contributed by atoms with Crippen molar-refractivity contribution in [1.29, 1.82) is 0 Å². The van der Waals surface area contributed by atoms with Crippen molar-refractivity contribution in [3.05, 3.63) is 0 Å². The highest BCUT2D eigenvalue weighted by molar-refractivity contribution is 4.67. The van der Waals surface area contributed by atoms with Crippen LogP contribution in [-0.2, 0) is 0 Å². The molecule has 0 bridgehead atoms. The van der Waals surface area contributed by atoms with Gasteiger partial charge in [0.05, 0.1) is 12.7 Å². The molecule has 0 fully saturated rings. The molecule has 0 radical (unpaired) electrons. The van der Waals surface area contributed by atoms with Gasteiger partial charge in [-0.2, -0.15) is 0 Å². The van der Waals surface area contributed by atoms with E-state index in [1.54, 1.807) is 20.8 Å². The molecule has 0 heterocycles. The van der Waals surface area contributed by atoms with Gasteiger partial charge in [-0.3, -0.25) is 0 Å². The molecule has 1 unspecified atom stereocenters. The van der Waals surface area contributed by atoms with Crippen molar-refractivity contribution in [1.82, 2.24) is 0 Å². The topological polar surface area (TPSA) is 92.5 Å². The standard InChI is InChI=1S/C5H13NO.C4H11NO/c1-5(7)3-2-4-6;1-4(2,5)3-6/h5,7H,2-4,6H2,1H3;6H,3,5H2,1-2H3. The van der Waals surface area contributed by atoms with Crippen LogP contribution in [0.15, 0.2) is 0 Å². The molecular weight excluding hydrogens is 168 g/mol. The van der Waals surface area contributed by atoms with Gasteiger partial charge in [-0.1, -0.05) is 0 Å². The van der Waals surface area contributed by atoms with E-state index in [1.165, 1.54) is 0 Å². The molecule has 82 valence electrons. The summed E-state index contributed by atoms with van der Waals surface area (Å²) < 4.78 is 0. The summed E-state index contributed by atoms with van der Waals surface area (Å²) >= 11 is 0. The molecule has 0 aromatic rings. The number of aliphatic hydroxyl groups is 2. The second-order valence-corrected chi connectivity index (χ2v) is 3.93. The van der Waals surface area contributed by atoms with Gasteiger partial charge in [0.1, 0.15) is 0 Å². The molecule has 0 aromatic heterocycles. The monoisotopic (exact) mass is 192 g/mol. The largest absolute Gasteiger partial charge is 0.394 e. The van der Waals surface area contributed by atoms with E-state index in [2.05, 4.69) is 0 Å². The fraction of sp³-hybridized carbons (Fsp3) is 1.00. The second kappa shape index (κ2) is 8.44. The maximum absolute atomic E-state index is 8.63. The molecule has 0 rings (SSSR count). The van der Waals surface area contributed by atoms with E-state index in [0.717, 1.165) is 12.8 Å². The third-order valence-electron chi connectivity index (χ3n) is 1.23. The molecule has 0 aliphatic carbocycles. The molecule has 0 saturated carbocycles. The van der Waals surface area contributed by atoms with Crippen molar-refractivity contribution in [3.63, 3.8) is 0 Å². The van der Waals surface area contributed by atoms with E-state index < -0.39 is 5.54 Å². The highest BCUT2D eigenvalue weighted by Crippen LogP contribution is 1.91. The first-order valence-electron chi connectivity index (χ1n) is 4.61. The van der Waals surface area contributed by atoms with E-state index >= 15 is 0 Å². The van der Waals surface area contributed by atoms with Crippen LogP contribution in [0.25, 0.3) is 0 Å². The lowest BCUT2D eigenvalue weighted by molar-refractivity contribution is 0.182. The van der Waals surface area contributed by atoms with Gasteiger partial charge >= 0.3 is 0 Å². The molecular formula is C9H24N2O2. The molecule has 1 atom stereocenters. The van der Waals surface area contributed by atoms with Crippen LogP contribution in [0.5, 0.6) is 0 Å². The zero-order chi connectivity index (χ0) is 10.9. The molecule has 0 saturated heterocycles. The zero-order valence-corrected chi connectivity index (χ0v) is 8.95. The summed E-state index contributed by atoms with van der Waals surface area (Å²) in [7, 11) is 0. The minimum Gasteiger partial charge on any atom is -0.394 e. The van der Waals surface area contributed by atoms with Crippen LogP contribution in [-0.4, -0.2) is 35.0 Å². The van der Waals surface area contributed by atoms with Gasteiger partial charge in [0.25, 0.3) is 0 Å². The zero-order valence-electron chi connectivity index (χ0n) is 8.95. The van der Waals surface area contributed by atoms with Crippen LogP contribution >= 0.6 is 0 Å². The number of nitrogens with two attached hydrogens (primary N) is 2. The third-order valence-corrected chi connectivity index (χ3v) is 1.23. The Kier molecular flexibility index (Phi) is 9.94. The minimum absolute atomic E-state index is 0.0486. The van der Waals surface area contributed by atoms with E-state index in [0.29, 0.717) is 6.54 Å². The Labute approximate surface area is 80.9 Å². The lowest BCUT2D eigenvalue weighted by Gasteiger charge is -2.12.